The molecule has 2 aromatic rings. The molecule has 0 spiro atoms. The summed E-state index contributed by atoms with van der Waals surface area (Å²) in [6, 6.07) is 6.96. The normalized spacial score (nSPS) is 11.5. The SMILES string of the molecule is O=C([O-])c1ccc2c(c1)C(=O)c1cc(C(=O)[O-])ccc1C2=O.[Na+].[Na+]. The summed E-state index contributed by atoms with van der Waals surface area (Å²) >= 11 is 0. The van der Waals surface area contributed by atoms with Crippen molar-refractivity contribution in [1.29, 1.82) is 0 Å². The van der Waals surface area contributed by atoms with Gasteiger partial charge in [0.2, 0.25) is 0 Å². The number of hydrogen-bond donors (Lipinski definition) is 0. The Kier molecular flexibility index (Phi) is 6.69. The number of carboxylic acids is 2. The van der Waals surface area contributed by atoms with E-state index in [0.717, 1.165) is 12.1 Å². The fourth-order valence-electron chi connectivity index (χ4n) is 2.40. The average Bonchev–Trinajstić information content (AvgIpc) is 2.51. The molecule has 1 aliphatic rings. The maximum Gasteiger partial charge on any atom is 1.00 e. The molecule has 0 saturated heterocycles. The molecule has 0 unspecified atom stereocenters. The number of carbonyl (C=O) groups is 4. The van der Waals surface area contributed by atoms with E-state index in [9.17, 15) is 29.4 Å². The summed E-state index contributed by atoms with van der Waals surface area (Å²) in [7, 11) is 0. The van der Waals surface area contributed by atoms with Crippen LogP contribution in [0.3, 0.4) is 0 Å². The second-order valence-corrected chi connectivity index (χ2v) is 4.75. The van der Waals surface area contributed by atoms with Gasteiger partial charge in [-0.3, -0.25) is 9.59 Å². The van der Waals surface area contributed by atoms with Crippen molar-refractivity contribution in [3.8, 4) is 0 Å². The molecule has 0 aliphatic heterocycles. The third-order valence-corrected chi connectivity index (χ3v) is 3.49. The molecule has 0 bridgehead atoms. The Labute approximate surface area is 180 Å². The maximum atomic E-state index is 12.4. The number of fused-ring (bicyclic) bond motifs is 2. The summed E-state index contributed by atoms with van der Waals surface area (Å²) in [4.78, 5) is 46.5. The van der Waals surface area contributed by atoms with E-state index in [1.807, 2.05) is 0 Å². The van der Waals surface area contributed by atoms with Gasteiger partial charge in [-0.2, -0.15) is 0 Å². The van der Waals surface area contributed by atoms with Crippen molar-refractivity contribution in [3.05, 3.63) is 69.8 Å². The van der Waals surface area contributed by atoms with Crippen molar-refractivity contribution < 1.29 is 88.5 Å². The Bertz CT molecular complexity index is 819. The summed E-state index contributed by atoms with van der Waals surface area (Å²) in [5.41, 5.74) is -0.504. The Hall–Kier alpha value is -1.28. The average molecular weight is 340 g/mol. The van der Waals surface area contributed by atoms with Crippen LogP contribution in [0, 0.1) is 0 Å². The van der Waals surface area contributed by atoms with Crippen molar-refractivity contribution in [3.63, 3.8) is 0 Å². The van der Waals surface area contributed by atoms with Crippen molar-refractivity contribution in [2.45, 2.75) is 0 Å². The van der Waals surface area contributed by atoms with Crippen LogP contribution in [0.15, 0.2) is 36.4 Å². The predicted molar refractivity (Wildman–Crippen MR) is 68.4 cm³/mol. The first-order valence-corrected chi connectivity index (χ1v) is 6.20. The summed E-state index contributed by atoms with van der Waals surface area (Å²) in [5, 5.41) is 21.7. The molecular formula is C16H6Na2O6. The van der Waals surface area contributed by atoms with Crippen LogP contribution in [-0.2, 0) is 0 Å². The molecule has 2 aromatic carbocycles. The topological polar surface area (TPSA) is 114 Å². The van der Waals surface area contributed by atoms with E-state index in [1.165, 1.54) is 24.3 Å². The minimum absolute atomic E-state index is 0. The van der Waals surface area contributed by atoms with Crippen LogP contribution in [0.2, 0.25) is 0 Å². The third-order valence-electron chi connectivity index (χ3n) is 3.49. The van der Waals surface area contributed by atoms with Crippen LogP contribution in [-0.4, -0.2) is 23.5 Å². The molecule has 0 aromatic heterocycles. The number of benzene rings is 2. The minimum Gasteiger partial charge on any atom is -0.545 e. The van der Waals surface area contributed by atoms with Gasteiger partial charge in [0.1, 0.15) is 0 Å². The van der Waals surface area contributed by atoms with E-state index in [4.69, 9.17) is 0 Å². The number of ketones is 2. The van der Waals surface area contributed by atoms with E-state index in [2.05, 4.69) is 0 Å². The van der Waals surface area contributed by atoms with Gasteiger partial charge in [-0.25, -0.2) is 0 Å². The van der Waals surface area contributed by atoms with E-state index in [0.29, 0.717) is 0 Å². The maximum absolute atomic E-state index is 12.4. The van der Waals surface area contributed by atoms with Gasteiger partial charge in [0.25, 0.3) is 0 Å². The monoisotopic (exact) mass is 340 g/mol. The Morgan fingerprint density at radius 2 is 0.958 bits per heavy atom. The van der Waals surface area contributed by atoms with Crippen LogP contribution in [0.1, 0.15) is 52.6 Å². The number of hydrogen-bond acceptors (Lipinski definition) is 6. The van der Waals surface area contributed by atoms with Crippen LogP contribution in [0.25, 0.3) is 0 Å². The Balaban J connectivity index is 0.00000144. The van der Waals surface area contributed by atoms with Crippen molar-refractivity contribution in [1.82, 2.24) is 0 Å². The summed E-state index contributed by atoms with van der Waals surface area (Å²) in [6.45, 7) is 0. The van der Waals surface area contributed by atoms with Crippen molar-refractivity contribution in [2.24, 2.45) is 0 Å². The molecule has 0 saturated carbocycles. The molecule has 1 aliphatic carbocycles. The van der Waals surface area contributed by atoms with Crippen molar-refractivity contribution in [2.75, 3.05) is 0 Å². The summed E-state index contributed by atoms with van der Waals surface area (Å²) in [6.07, 6.45) is 0. The molecule has 0 atom stereocenters. The van der Waals surface area contributed by atoms with Crippen LogP contribution in [0.5, 0.6) is 0 Å². The fraction of sp³-hybridized carbons (Fsp3) is 0. The molecular weight excluding hydrogens is 334 g/mol. The van der Waals surface area contributed by atoms with E-state index < -0.39 is 23.5 Å². The van der Waals surface area contributed by atoms with Gasteiger partial charge in [-0.05, 0) is 35.4 Å². The first-order chi connectivity index (χ1) is 10.4. The molecule has 8 heteroatoms. The van der Waals surface area contributed by atoms with E-state index >= 15 is 0 Å². The van der Waals surface area contributed by atoms with E-state index in [-0.39, 0.29) is 92.5 Å². The van der Waals surface area contributed by atoms with Gasteiger partial charge in [-0.1, -0.05) is 12.1 Å². The van der Waals surface area contributed by atoms with Crippen LogP contribution >= 0.6 is 0 Å². The van der Waals surface area contributed by atoms with Gasteiger partial charge in [0, 0.05) is 22.3 Å². The quantitative estimate of drug-likeness (QED) is 0.428. The zero-order chi connectivity index (χ0) is 16.0. The molecule has 0 radical (unpaired) electrons. The van der Waals surface area contributed by atoms with Gasteiger partial charge >= 0.3 is 59.1 Å². The smallest absolute Gasteiger partial charge is 0.545 e. The number of carbonyl (C=O) groups excluding carboxylic acids is 4. The summed E-state index contributed by atoms with van der Waals surface area (Å²) in [5.74, 6) is -4.04. The van der Waals surface area contributed by atoms with Gasteiger partial charge in [-0.15, -0.1) is 0 Å². The molecule has 3 rings (SSSR count). The van der Waals surface area contributed by atoms with E-state index in [1.54, 1.807) is 0 Å². The summed E-state index contributed by atoms with van der Waals surface area (Å²) < 4.78 is 0. The van der Waals surface area contributed by atoms with Gasteiger partial charge < -0.3 is 19.8 Å². The predicted octanol–water partition coefficient (Wildman–Crippen LogP) is -6.80. The van der Waals surface area contributed by atoms with Gasteiger partial charge in [0.05, 0.1) is 11.9 Å². The number of aromatic carboxylic acids is 2. The molecule has 6 nitrogen and oxygen atoms in total. The van der Waals surface area contributed by atoms with Crippen LogP contribution in [0.4, 0.5) is 0 Å². The molecule has 0 amide bonds. The van der Waals surface area contributed by atoms with Crippen molar-refractivity contribution >= 4 is 23.5 Å². The van der Waals surface area contributed by atoms with Gasteiger partial charge in [0.15, 0.2) is 11.6 Å². The largest absolute Gasteiger partial charge is 1.00 e. The second-order valence-electron chi connectivity index (χ2n) is 4.75. The second kappa shape index (κ2) is 7.74. The zero-order valence-corrected chi connectivity index (χ0v) is 16.9. The third kappa shape index (κ3) is 3.39. The molecule has 0 fully saturated rings. The number of rotatable bonds is 2. The number of carboxylic acid groups (broad SMARTS) is 2. The standard InChI is InChI=1S/C16H8O6.2Na/c17-13-9-3-1-7(15(19)20)5-11(9)14(18)12-6-8(16(21)22)2-4-10(12)13;;/h1-6H,(H,19,20)(H,21,22);;/q;2*+1/p-2. The Morgan fingerprint density at radius 3 is 1.29 bits per heavy atom. The van der Waals surface area contributed by atoms with Crippen LogP contribution < -0.4 is 69.3 Å². The first-order valence-electron chi connectivity index (χ1n) is 6.20. The molecule has 24 heavy (non-hydrogen) atoms. The first kappa shape index (κ1) is 20.8. The fourth-order valence-corrected chi connectivity index (χ4v) is 2.40. The molecule has 0 heterocycles. The molecule has 0 N–H and O–H groups in total. The zero-order valence-electron chi connectivity index (χ0n) is 12.9. The minimum atomic E-state index is -1.47. The molecule has 108 valence electrons. The Morgan fingerprint density at radius 1 is 0.625 bits per heavy atom.